The highest BCUT2D eigenvalue weighted by molar-refractivity contribution is 5.84. The molecule has 2 aromatic rings. The van der Waals surface area contributed by atoms with Gasteiger partial charge in [-0.2, -0.15) is 5.10 Å². The Morgan fingerprint density at radius 3 is 2.35 bits per heavy atom. The summed E-state index contributed by atoms with van der Waals surface area (Å²) in [4.78, 5) is 11.8. The molecule has 0 bridgehead atoms. The summed E-state index contributed by atoms with van der Waals surface area (Å²) >= 11 is 0. The van der Waals surface area contributed by atoms with Crippen LogP contribution in [-0.2, 0) is 4.79 Å². The van der Waals surface area contributed by atoms with Gasteiger partial charge in [0.25, 0.3) is 5.91 Å². The number of amides is 1. The van der Waals surface area contributed by atoms with Gasteiger partial charge in [0.2, 0.25) is 0 Å². The Morgan fingerprint density at radius 2 is 1.70 bits per heavy atom. The number of carbonyl (C=O) groups excluding carboxylic acids is 1. The van der Waals surface area contributed by atoms with Crippen molar-refractivity contribution in [3.05, 3.63) is 66.2 Å². The van der Waals surface area contributed by atoms with Crippen LogP contribution < -0.4 is 10.2 Å². The number of carbonyl (C=O) groups is 1. The molecule has 0 heterocycles. The second-order valence-electron chi connectivity index (χ2n) is 4.22. The summed E-state index contributed by atoms with van der Waals surface area (Å²) in [6, 6.07) is 18.7. The van der Waals surface area contributed by atoms with Gasteiger partial charge in [0.15, 0.2) is 6.10 Å². The van der Waals surface area contributed by atoms with Crippen LogP contribution in [-0.4, -0.2) is 18.2 Å². The van der Waals surface area contributed by atoms with Crippen LogP contribution in [0.1, 0.15) is 12.5 Å². The first-order valence-electron chi connectivity index (χ1n) is 6.35. The van der Waals surface area contributed by atoms with Crippen LogP contribution in [0.3, 0.4) is 0 Å². The van der Waals surface area contributed by atoms with Gasteiger partial charge in [0, 0.05) is 0 Å². The number of benzene rings is 2. The van der Waals surface area contributed by atoms with Gasteiger partial charge in [-0.1, -0.05) is 48.5 Å². The molecule has 1 N–H and O–H groups in total. The van der Waals surface area contributed by atoms with Crippen LogP contribution in [0.4, 0.5) is 0 Å². The number of ether oxygens (including phenoxy) is 1. The summed E-state index contributed by atoms with van der Waals surface area (Å²) in [6.45, 7) is 1.68. The van der Waals surface area contributed by atoms with E-state index in [9.17, 15) is 4.79 Å². The van der Waals surface area contributed by atoms with Crippen LogP contribution in [0.5, 0.6) is 5.75 Å². The molecule has 2 aromatic carbocycles. The zero-order valence-corrected chi connectivity index (χ0v) is 11.2. The van der Waals surface area contributed by atoms with Crippen molar-refractivity contribution in [3.63, 3.8) is 0 Å². The Kier molecular flexibility index (Phi) is 4.89. The summed E-state index contributed by atoms with van der Waals surface area (Å²) in [7, 11) is 0. The van der Waals surface area contributed by atoms with Crippen LogP contribution in [0.25, 0.3) is 0 Å². The van der Waals surface area contributed by atoms with E-state index in [-0.39, 0.29) is 5.91 Å². The number of rotatable bonds is 5. The van der Waals surface area contributed by atoms with E-state index in [0.717, 1.165) is 5.56 Å². The van der Waals surface area contributed by atoms with E-state index in [2.05, 4.69) is 10.5 Å². The van der Waals surface area contributed by atoms with Crippen LogP contribution in [0.15, 0.2) is 65.8 Å². The fourth-order valence-electron chi connectivity index (χ4n) is 1.56. The average Bonchev–Trinajstić information content (AvgIpc) is 2.49. The number of hydrogen-bond acceptors (Lipinski definition) is 3. The Morgan fingerprint density at radius 1 is 1.10 bits per heavy atom. The molecule has 0 unspecified atom stereocenters. The third-order valence-corrected chi connectivity index (χ3v) is 2.61. The van der Waals surface area contributed by atoms with E-state index in [1.807, 2.05) is 48.5 Å². The van der Waals surface area contributed by atoms with Crippen molar-refractivity contribution < 1.29 is 9.53 Å². The predicted octanol–water partition coefficient (Wildman–Crippen LogP) is 2.60. The number of para-hydroxylation sites is 1. The lowest BCUT2D eigenvalue weighted by Crippen LogP contribution is -2.33. The lowest BCUT2D eigenvalue weighted by atomic mass is 10.2. The predicted molar refractivity (Wildman–Crippen MR) is 78.7 cm³/mol. The van der Waals surface area contributed by atoms with Crippen molar-refractivity contribution in [1.29, 1.82) is 0 Å². The van der Waals surface area contributed by atoms with Gasteiger partial charge >= 0.3 is 0 Å². The summed E-state index contributed by atoms with van der Waals surface area (Å²) in [6.07, 6.45) is 0.984. The maximum Gasteiger partial charge on any atom is 0.280 e. The summed E-state index contributed by atoms with van der Waals surface area (Å²) < 4.78 is 5.49. The molecule has 1 amide bonds. The molecule has 0 aliphatic rings. The zero-order valence-electron chi connectivity index (χ0n) is 11.2. The van der Waals surface area contributed by atoms with Gasteiger partial charge in [0.05, 0.1) is 6.21 Å². The largest absolute Gasteiger partial charge is 0.481 e. The molecular weight excluding hydrogens is 252 g/mol. The normalized spacial score (nSPS) is 12.1. The Bertz CT molecular complexity index is 568. The summed E-state index contributed by atoms with van der Waals surface area (Å²) in [5, 5.41) is 3.90. The molecule has 0 fully saturated rings. The molecule has 4 nitrogen and oxygen atoms in total. The van der Waals surface area contributed by atoms with Gasteiger partial charge in [-0.3, -0.25) is 4.79 Å². The third kappa shape index (κ3) is 4.24. The van der Waals surface area contributed by atoms with Crippen LogP contribution in [0.2, 0.25) is 0 Å². The maximum absolute atomic E-state index is 11.8. The van der Waals surface area contributed by atoms with Gasteiger partial charge in [-0.05, 0) is 24.6 Å². The topological polar surface area (TPSA) is 50.7 Å². The van der Waals surface area contributed by atoms with E-state index in [1.165, 1.54) is 0 Å². The van der Waals surface area contributed by atoms with Gasteiger partial charge in [-0.25, -0.2) is 5.43 Å². The van der Waals surface area contributed by atoms with Crippen LogP contribution in [0, 0.1) is 0 Å². The van der Waals surface area contributed by atoms with Crippen molar-refractivity contribution in [3.8, 4) is 5.75 Å². The van der Waals surface area contributed by atoms with Crippen LogP contribution >= 0.6 is 0 Å². The first-order valence-corrected chi connectivity index (χ1v) is 6.35. The molecule has 0 spiro atoms. The van der Waals surface area contributed by atoms with E-state index in [0.29, 0.717) is 5.75 Å². The van der Waals surface area contributed by atoms with Crippen molar-refractivity contribution in [2.45, 2.75) is 13.0 Å². The number of hydrazone groups is 1. The summed E-state index contributed by atoms with van der Waals surface area (Å²) in [5.41, 5.74) is 3.38. The van der Waals surface area contributed by atoms with E-state index in [1.54, 1.807) is 25.3 Å². The molecule has 0 aliphatic heterocycles. The van der Waals surface area contributed by atoms with Gasteiger partial charge in [-0.15, -0.1) is 0 Å². The molecule has 0 saturated heterocycles. The first-order chi connectivity index (χ1) is 9.75. The molecule has 2 rings (SSSR count). The highest BCUT2D eigenvalue weighted by Gasteiger charge is 2.13. The Labute approximate surface area is 118 Å². The second-order valence-corrected chi connectivity index (χ2v) is 4.22. The molecule has 0 aromatic heterocycles. The smallest absolute Gasteiger partial charge is 0.280 e. The molecule has 20 heavy (non-hydrogen) atoms. The van der Waals surface area contributed by atoms with E-state index in [4.69, 9.17) is 4.74 Å². The maximum atomic E-state index is 11.8. The van der Waals surface area contributed by atoms with Crippen molar-refractivity contribution in [1.82, 2.24) is 5.43 Å². The lowest BCUT2D eigenvalue weighted by Gasteiger charge is -2.12. The molecule has 0 aliphatic carbocycles. The van der Waals surface area contributed by atoms with E-state index < -0.39 is 6.10 Å². The Balaban J connectivity index is 1.84. The standard InChI is InChI=1S/C16H16N2O2/c1-13(20-15-10-6-3-7-11-15)16(19)18-17-12-14-8-4-2-5-9-14/h2-13H,1H3,(H,18,19)/b17-12+/t13-/m0/s1. The summed E-state index contributed by atoms with van der Waals surface area (Å²) in [5.74, 6) is 0.364. The average molecular weight is 268 g/mol. The van der Waals surface area contributed by atoms with Crippen molar-refractivity contribution in [2.24, 2.45) is 5.10 Å². The number of nitrogens with zero attached hydrogens (tertiary/aromatic N) is 1. The fraction of sp³-hybridized carbons (Fsp3) is 0.125. The minimum atomic E-state index is -0.606. The zero-order chi connectivity index (χ0) is 14.2. The minimum Gasteiger partial charge on any atom is -0.481 e. The van der Waals surface area contributed by atoms with Crippen molar-refractivity contribution >= 4 is 12.1 Å². The SMILES string of the molecule is C[C@H](Oc1ccccc1)C(=O)N/N=C/c1ccccc1. The monoisotopic (exact) mass is 268 g/mol. The van der Waals surface area contributed by atoms with E-state index >= 15 is 0 Å². The molecule has 1 atom stereocenters. The molecule has 0 radical (unpaired) electrons. The highest BCUT2D eigenvalue weighted by Crippen LogP contribution is 2.10. The second kappa shape index (κ2) is 7.09. The fourth-order valence-corrected chi connectivity index (χ4v) is 1.56. The Hall–Kier alpha value is -2.62. The number of hydrogen-bond donors (Lipinski definition) is 1. The molecule has 0 saturated carbocycles. The minimum absolute atomic E-state index is 0.291. The molecule has 102 valence electrons. The number of nitrogens with one attached hydrogen (secondary N) is 1. The molecular formula is C16H16N2O2. The molecule has 4 heteroatoms. The van der Waals surface area contributed by atoms with Crippen molar-refractivity contribution in [2.75, 3.05) is 0 Å². The quantitative estimate of drug-likeness (QED) is 0.669. The van der Waals surface area contributed by atoms with Gasteiger partial charge in [0.1, 0.15) is 5.75 Å². The van der Waals surface area contributed by atoms with Gasteiger partial charge < -0.3 is 4.74 Å². The highest BCUT2D eigenvalue weighted by atomic mass is 16.5. The third-order valence-electron chi connectivity index (χ3n) is 2.61. The lowest BCUT2D eigenvalue weighted by molar-refractivity contribution is -0.127. The first kappa shape index (κ1) is 13.8.